The lowest BCUT2D eigenvalue weighted by molar-refractivity contribution is 0.103. The van der Waals surface area contributed by atoms with Crippen LogP contribution in [0, 0.1) is 0 Å². The van der Waals surface area contributed by atoms with Crippen LogP contribution < -0.4 is 5.56 Å². The predicted octanol–water partition coefficient (Wildman–Crippen LogP) is 3.91. The molecule has 0 amide bonds. The van der Waals surface area contributed by atoms with Crippen molar-refractivity contribution in [3.05, 3.63) is 82.4 Å². The van der Waals surface area contributed by atoms with Crippen molar-refractivity contribution in [1.29, 1.82) is 0 Å². The molecule has 3 aromatic carbocycles. The van der Waals surface area contributed by atoms with Gasteiger partial charge in [0.1, 0.15) is 10.8 Å². The van der Waals surface area contributed by atoms with Crippen LogP contribution in [0.1, 0.15) is 16.2 Å². The summed E-state index contributed by atoms with van der Waals surface area (Å²) in [7, 11) is 0. The lowest BCUT2D eigenvalue weighted by Crippen LogP contribution is -2.22. The summed E-state index contributed by atoms with van der Waals surface area (Å²) in [6.45, 7) is 0. The van der Waals surface area contributed by atoms with Gasteiger partial charge < -0.3 is 5.11 Å². The molecule has 0 saturated heterocycles. The fourth-order valence-corrected chi connectivity index (χ4v) is 4.84. The third kappa shape index (κ3) is 2.10. The molecule has 2 aromatic heterocycles. The van der Waals surface area contributed by atoms with Gasteiger partial charge in [-0.1, -0.05) is 24.3 Å². The lowest BCUT2D eigenvalue weighted by atomic mass is 10.1. The Hall–Kier alpha value is -3.84. The minimum absolute atomic E-state index is 0.0476. The number of rotatable bonds is 1. The van der Waals surface area contributed by atoms with E-state index in [0.717, 1.165) is 10.2 Å². The van der Waals surface area contributed by atoms with E-state index in [2.05, 4.69) is 9.97 Å². The molecule has 0 spiro atoms. The lowest BCUT2D eigenvalue weighted by Gasteiger charge is -2.09. The number of phenols is 1. The van der Waals surface area contributed by atoms with E-state index in [-0.39, 0.29) is 22.7 Å². The fourth-order valence-electron chi connectivity index (χ4n) is 3.81. The van der Waals surface area contributed by atoms with Gasteiger partial charge in [0.15, 0.2) is 5.82 Å². The number of hydrogen-bond donors (Lipinski definition) is 1. The highest BCUT2D eigenvalue weighted by atomic mass is 32.1. The van der Waals surface area contributed by atoms with Crippen molar-refractivity contribution in [3.63, 3.8) is 0 Å². The molecule has 3 heterocycles. The molecule has 0 radical (unpaired) electrons. The first-order valence-corrected chi connectivity index (χ1v) is 9.74. The maximum Gasteiger partial charge on any atom is 0.267 e. The van der Waals surface area contributed by atoms with Gasteiger partial charge in [-0.05, 0) is 36.4 Å². The van der Waals surface area contributed by atoms with Gasteiger partial charge in [0.05, 0.1) is 37.9 Å². The number of benzene rings is 3. The Morgan fingerprint density at radius 1 is 0.862 bits per heavy atom. The third-order valence-corrected chi connectivity index (χ3v) is 6.17. The molecule has 138 valence electrons. The highest BCUT2D eigenvalue weighted by molar-refractivity contribution is 7.21. The van der Waals surface area contributed by atoms with Crippen molar-refractivity contribution in [3.8, 4) is 22.0 Å². The molecule has 6 nitrogen and oxygen atoms in total. The van der Waals surface area contributed by atoms with Crippen molar-refractivity contribution >= 4 is 38.2 Å². The zero-order valence-corrected chi connectivity index (χ0v) is 15.6. The van der Waals surface area contributed by atoms with Crippen LogP contribution in [-0.2, 0) is 0 Å². The van der Waals surface area contributed by atoms with Gasteiger partial charge in [0, 0.05) is 0 Å². The largest absolute Gasteiger partial charge is 0.507 e. The van der Waals surface area contributed by atoms with Gasteiger partial charge in [0.25, 0.3) is 5.56 Å². The van der Waals surface area contributed by atoms with Gasteiger partial charge in [-0.2, -0.15) is 0 Å². The summed E-state index contributed by atoms with van der Waals surface area (Å²) in [4.78, 5) is 35.3. The molecule has 29 heavy (non-hydrogen) atoms. The minimum atomic E-state index is -0.395. The van der Waals surface area contributed by atoms with E-state index in [1.54, 1.807) is 30.3 Å². The van der Waals surface area contributed by atoms with Gasteiger partial charge in [-0.15, -0.1) is 11.3 Å². The number of thiazole rings is 1. The van der Waals surface area contributed by atoms with Crippen LogP contribution in [0.4, 0.5) is 0 Å². The van der Waals surface area contributed by atoms with Crippen LogP contribution in [-0.4, -0.2) is 25.4 Å². The first-order valence-electron chi connectivity index (χ1n) is 8.92. The van der Waals surface area contributed by atoms with Crippen LogP contribution in [0.2, 0.25) is 0 Å². The van der Waals surface area contributed by atoms with E-state index >= 15 is 0 Å². The third-order valence-electron chi connectivity index (χ3n) is 5.12. The zero-order chi connectivity index (χ0) is 19.7. The molecule has 0 saturated carbocycles. The maximum atomic E-state index is 13.5. The first kappa shape index (κ1) is 16.1. The second-order valence-corrected chi connectivity index (χ2v) is 7.79. The number of carbonyl (C=O) groups excluding carboxylic acids is 1. The fraction of sp³-hybridized carbons (Fsp3) is 0. The summed E-state index contributed by atoms with van der Waals surface area (Å²) in [6.07, 6.45) is 0. The Morgan fingerprint density at radius 2 is 1.66 bits per heavy atom. The summed E-state index contributed by atoms with van der Waals surface area (Å²) >= 11 is 1.39. The van der Waals surface area contributed by atoms with E-state index in [9.17, 15) is 14.7 Å². The predicted molar refractivity (Wildman–Crippen MR) is 111 cm³/mol. The highest BCUT2D eigenvalue weighted by Gasteiger charge is 2.31. The van der Waals surface area contributed by atoms with Crippen LogP contribution >= 0.6 is 11.3 Å². The molecule has 1 N–H and O–H groups in total. The number of ketones is 1. The second-order valence-electron chi connectivity index (χ2n) is 6.76. The summed E-state index contributed by atoms with van der Waals surface area (Å²) in [5.41, 5.74) is 2.04. The Morgan fingerprint density at radius 3 is 2.52 bits per heavy atom. The van der Waals surface area contributed by atoms with E-state index in [4.69, 9.17) is 0 Å². The molecule has 6 rings (SSSR count). The van der Waals surface area contributed by atoms with Crippen molar-refractivity contribution in [2.24, 2.45) is 0 Å². The van der Waals surface area contributed by atoms with E-state index < -0.39 is 5.56 Å². The topological polar surface area (TPSA) is 85.1 Å². The van der Waals surface area contributed by atoms with Crippen molar-refractivity contribution in [1.82, 2.24) is 14.5 Å². The Balaban J connectivity index is 1.75. The van der Waals surface area contributed by atoms with Crippen LogP contribution in [0.3, 0.4) is 0 Å². The van der Waals surface area contributed by atoms with E-state index in [1.165, 1.54) is 22.0 Å². The Kier molecular flexibility index (Phi) is 3.11. The first-order chi connectivity index (χ1) is 14.1. The molecular weight excluding hydrogens is 386 g/mol. The summed E-state index contributed by atoms with van der Waals surface area (Å²) in [5, 5.41) is 11.4. The molecule has 1 aliphatic rings. The van der Waals surface area contributed by atoms with Crippen molar-refractivity contribution in [2.75, 3.05) is 0 Å². The van der Waals surface area contributed by atoms with Gasteiger partial charge in [-0.25, -0.2) is 9.97 Å². The van der Waals surface area contributed by atoms with E-state index in [1.807, 2.05) is 24.3 Å². The van der Waals surface area contributed by atoms with Crippen LogP contribution in [0.5, 0.6) is 5.75 Å². The molecular formula is C22H11N3O3S. The van der Waals surface area contributed by atoms with E-state index in [0.29, 0.717) is 27.3 Å². The molecule has 7 heteroatoms. The molecule has 1 aliphatic heterocycles. The Bertz CT molecular complexity index is 1530. The number of carbonyl (C=O) groups is 1. The van der Waals surface area contributed by atoms with Crippen molar-refractivity contribution < 1.29 is 9.90 Å². The SMILES string of the molecule is O=C1c2ccccc2-n2c1nc1ccc(O)c(-c3nc4ccccc4s3)c1c2=O. The number of aromatic hydroxyl groups is 1. The minimum Gasteiger partial charge on any atom is -0.507 e. The van der Waals surface area contributed by atoms with Gasteiger partial charge in [0.2, 0.25) is 5.78 Å². The monoisotopic (exact) mass is 397 g/mol. The summed E-state index contributed by atoms with van der Waals surface area (Å²) in [6, 6.07) is 17.6. The summed E-state index contributed by atoms with van der Waals surface area (Å²) < 4.78 is 2.28. The van der Waals surface area contributed by atoms with Gasteiger partial charge >= 0.3 is 0 Å². The zero-order valence-electron chi connectivity index (χ0n) is 14.8. The molecule has 0 aliphatic carbocycles. The number of fused-ring (bicyclic) bond motifs is 5. The molecule has 5 aromatic rings. The molecule has 0 bridgehead atoms. The number of para-hydroxylation sites is 2. The normalized spacial score (nSPS) is 12.5. The number of aromatic nitrogens is 3. The van der Waals surface area contributed by atoms with Gasteiger partial charge in [-0.3, -0.25) is 14.2 Å². The van der Waals surface area contributed by atoms with Crippen LogP contribution in [0.15, 0.2) is 65.5 Å². The maximum absolute atomic E-state index is 13.5. The standard InChI is InChI=1S/C22H11N3O3S/c26-15-10-9-13-17(18(15)21-24-12-6-2-4-8-16(12)29-21)22(28)25-14-7-3-1-5-11(14)19(27)20(25)23-13/h1-10,26H. The Labute approximate surface area is 167 Å². The average molecular weight is 397 g/mol. The highest BCUT2D eigenvalue weighted by Crippen LogP contribution is 2.39. The second kappa shape index (κ2) is 5.59. The molecule has 0 unspecified atom stereocenters. The smallest absolute Gasteiger partial charge is 0.267 e. The molecule has 0 fully saturated rings. The van der Waals surface area contributed by atoms with Crippen LogP contribution in [0.25, 0.3) is 37.4 Å². The summed E-state index contributed by atoms with van der Waals surface area (Å²) in [5.74, 6) is -0.243. The average Bonchev–Trinajstić information content (AvgIpc) is 3.28. The number of hydrogen-bond acceptors (Lipinski definition) is 6. The number of phenolic OH excluding ortho intramolecular Hbond substituents is 1. The quantitative estimate of drug-likeness (QED) is 0.455. The number of nitrogens with zero attached hydrogens (tertiary/aromatic N) is 3. The van der Waals surface area contributed by atoms with Crippen molar-refractivity contribution in [2.45, 2.75) is 0 Å². The molecule has 0 atom stereocenters.